The quantitative estimate of drug-likeness (QED) is 0.877. The van der Waals surface area contributed by atoms with Gasteiger partial charge in [-0.25, -0.2) is 0 Å². The summed E-state index contributed by atoms with van der Waals surface area (Å²) in [5.74, 6) is 0.991. The number of nitrogens with zero attached hydrogens (tertiary/aromatic N) is 1. The topological polar surface area (TPSA) is 67.9 Å². The monoisotopic (exact) mass is 368 g/mol. The van der Waals surface area contributed by atoms with E-state index in [1.54, 1.807) is 38.0 Å². The van der Waals surface area contributed by atoms with Gasteiger partial charge in [0.05, 0.1) is 12.8 Å². The van der Waals surface area contributed by atoms with Gasteiger partial charge in [0.2, 0.25) is 5.91 Å². The summed E-state index contributed by atoms with van der Waals surface area (Å²) in [5, 5.41) is 2.84. The van der Waals surface area contributed by atoms with Crippen molar-refractivity contribution in [2.24, 2.45) is 0 Å². The Morgan fingerprint density at radius 1 is 1.22 bits per heavy atom. The van der Waals surface area contributed by atoms with Gasteiger partial charge >= 0.3 is 0 Å². The van der Waals surface area contributed by atoms with Gasteiger partial charge in [-0.15, -0.1) is 0 Å². The number of anilines is 2. The fourth-order valence-electron chi connectivity index (χ4n) is 3.04. The molecular weight excluding hydrogens is 344 g/mol. The zero-order valence-electron chi connectivity index (χ0n) is 16.0. The van der Waals surface area contributed by atoms with Gasteiger partial charge in [0.25, 0.3) is 5.91 Å². The number of carbonyl (C=O) groups excluding carboxylic acids is 2. The first-order valence-electron chi connectivity index (χ1n) is 8.86. The van der Waals surface area contributed by atoms with Gasteiger partial charge in [-0.3, -0.25) is 9.59 Å². The number of benzene rings is 2. The van der Waals surface area contributed by atoms with Gasteiger partial charge in [-0.1, -0.05) is 12.1 Å². The number of rotatable bonds is 5. The van der Waals surface area contributed by atoms with Gasteiger partial charge in [-0.05, 0) is 50.6 Å². The van der Waals surface area contributed by atoms with E-state index in [0.29, 0.717) is 22.9 Å². The zero-order chi connectivity index (χ0) is 19.6. The fraction of sp³-hybridized carbons (Fsp3) is 0.333. The summed E-state index contributed by atoms with van der Waals surface area (Å²) in [6.45, 7) is 5.71. The molecule has 2 aromatic rings. The van der Waals surface area contributed by atoms with Crippen LogP contribution in [0.2, 0.25) is 0 Å². The highest BCUT2D eigenvalue weighted by Crippen LogP contribution is 2.38. The number of nitrogens with one attached hydrogen (secondary N) is 1. The second kappa shape index (κ2) is 7.31. The molecule has 0 spiro atoms. The van der Waals surface area contributed by atoms with Crippen molar-refractivity contribution in [2.45, 2.75) is 32.8 Å². The molecule has 2 aromatic carbocycles. The maximum absolute atomic E-state index is 12.8. The molecule has 6 nitrogen and oxygen atoms in total. The number of aryl methyl sites for hydroxylation is 1. The summed E-state index contributed by atoms with van der Waals surface area (Å²) in [6.07, 6.45) is 0.173. The number of hydrogen-bond acceptors (Lipinski definition) is 4. The molecule has 2 amide bonds. The molecule has 0 aromatic heterocycles. The van der Waals surface area contributed by atoms with Crippen LogP contribution in [0, 0.1) is 6.92 Å². The molecule has 1 heterocycles. The van der Waals surface area contributed by atoms with Crippen LogP contribution in [0.5, 0.6) is 11.5 Å². The smallest absolute Gasteiger partial charge is 0.270 e. The molecule has 142 valence electrons. The van der Waals surface area contributed by atoms with Crippen LogP contribution >= 0.6 is 0 Å². The maximum atomic E-state index is 12.8. The first-order valence-corrected chi connectivity index (χ1v) is 8.86. The minimum Gasteiger partial charge on any atom is -0.497 e. The standard InChI is InChI=1S/C21H24N2O4/c1-14-8-9-18-17(12-14)23(20(25)21(2,3)27-18)11-10-19(24)22-15-6-5-7-16(13-15)26-4/h5-9,12-13H,10-11H2,1-4H3,(H,22,24). The third-order valence-corrected chi connectivity index (χ3v) is 4.45. The molecule has 1 N–H and O–H groups in total. The van der Waals surface area contributed by atoms with E-state index >= 15 is 0 Å². The van der Waals surface area contributed by atoms with Gasteiger partial charge in [0, 0.05) is 24.7 Å². The molecule has 0 bridgehead atoms. The first-order chi connectivity index (χ1) is 12.8. The van der Waals surface area contributed by atoms with E-state index in [1.165, 1.54) is 0 Å². The average molecular weight is 368 g/mol. The van der Waals surface area contributed by atoms with E-state index in [9.17, 15) is 9.59 Å². The molecule has 1 aliphatic rings. The zero-order valence-corrected chi connectivity index (χ0v) is 16.0. The van der Waals surface area contributed by atoms with E-state index in [0.717, 1.165) is 5.56 Å². The summed E-state index contributed by atoms with van der Waals surface area (Å²) in [5.41, 5.74) is 1.42. The van der Waals surface area contributed by atoms with Crippen molar-refractivity contribution in [3.8, 4) is 11.5 Å². The SMILES string of the molecule is COc1cccc(NC(=O)CCN2C(=O)C(C)(C)Oc3ccc(C)cc32)c1. The second-order valence-corrected chi connectivity index (χ2v) is 7.07. The van der Waals surface area contributed by atoms with Gasteiger partial charge in [-0.2, -0.15) is 0 Å². The van der Waals surface area contributed by atoms with Crippen LogP contribution in [-0.4, -0.2) is 31.1 Å². The van der Waals surface area contributed by atoms with Crippen LogP contribution in [0.25, 0.3) is 0 Å². The number of fused-ring (bicyclic) bond motifs is 1. The molecule has 0 fully saturated rings. The molecule has 0 unspecified atom stereocenters. The second-order valence-electron chi connectivity index (χ2n) is 7.07. The van der Waals surface area contributed by atoms with Crippen molar-refractivity contribution in [3.05, 3.63) is 48.0 Å². The van der Waals surface area contributed by atoms with Crippen LogP contribution in [-0.2, 0) is 9.59 Å². The molecule has 3 rings (SSSR count). The Morgan fingerprint density at radius 3 is 2.74 bits per heavy atom. The van der Waals surface area contributed by atoms with E-state index < -0.39 is 5.60 Å². The lowest BCUT2D eigenvalue weighted by Gasteiger charge is -2.38. The number of hydrogen-bond donors (Lipinski definition) is 1. The molecule has 0 aliphatic carbocycles. The van der Waals surface area contributed by atoms with Crippen LogP contribution in [0.4, 0.5) is 11.4 Å². The molecule has 27 heavy (non-hydrogen) atoms. The van der Waals surface area contributed by atoms with Crippen molar-refractivity contribution in [1.29, 1.82) is 0 Å². The third-order valence-electron chi connectivity index (χ3n) is 4.45. The largest absolute Gasteiger partial charge is 0.497 e. The predicted octanol–water partition coefficient (Wildman–Crippen LogP) is 3.54. The average Bonchev–Trinajstić information content (AvgIpc) is 2.63. The van der Waals surface area contributed by atoms with Crippen molar-refractivity contribution in [1.82, 2.24) is 0 Å². The van der Waals surface area contributed by atoms with Crippen molar-refractivity contribution in [2.75, 3.05) is 23.9 Å². The molecule has 0 radical (unpaired) electrons. The Labute approximate surface area is 159 Å². The third kappa shape index (κ3) is 4.05. The molecule has 0 saturated carbocycles. The summed E-state index contributed by atoms with van der Waals surface area (Å²) < 4.78 is 11.0. The van der Waals surface area contributed by atoms with Crippen molar-refractivity contribution in [3.63, 3.8) is 0 Å². The normalized spacial score (nSPS) is 15.0. The van der Waals surface area contributed by atoms with Crippen LogP contribution < -0.4 is 19.7 Å². The summed E-state index contributed by atoms with van der Waals surface area (Å²) in [6, 6.07) is 12.9. The highest BCUT2D eigenvalue weighted by molar-refractivity contribution is 6.03. The van der Waals surface area contributed by atoms with E-state index in [4.69, 9.17) is 9.47 Å². The van der Waals surface area contributed by atoms with Crippen molar-refractivity contribution < 1.29 is 19.1 Å². The number of carbonyl (C=O) groups is 2. The highest BCUT2D eigenvalue weighted by Gasteiger charge is 2.40. The predicted molar refractivity (Wildman–Crippen MR) is 104 cm³/mol. The van der Waals surface area contributed by atoms with Crippen LogP contribution in [0.3, 0.4) is 0 Å². The minimum absolute atomic E-state index is 0.158. The number of amides is 2. The van der Waals surface area contributed by atoms with Gasteiger partial charge in [0.1, 0.15) is 11.5 Å². The Bertz CT molecular complexity index is 876. The van der Waals surface area contributed by atoms with E-state index in [2.05, 4.69) is 5.32 Å². The Kier molecular flexibility index (Phi) is 5.08. The van der Waals surface area contributed by atoms with Crippen LogP contribution in [0.1, 0.15) is 25.8 Å². The Hall–Kier alpha value is -3.02. The molecule has 0 saturated heterocycles. The Balaban J connectivity index is 1.73. The van der Waals surface area contributed by atoms with E-state index in [-0.39, 0.29) is 24.8 Å². The Morgan fingerprint density at radius 2 is 2.00 bits per heavy atom. The lowest BCUT2D eigenvalue weighted by Crippen LogP contribution is -2.53. The highest BCUT2D eigenvalue weighted by atomic mass is 16.5. The summed E-state index contributed by atoms with van der Waals surface area (Å²) in [4.78, 5) is 26.8. The fourth-order valence-corrected chi connectivity index (χ4v) is 3.04. The molecule has 0 atom stereocenters. The number of methoxy groups -OCH3 is 1. The molecule has 6 heteroatoms. The van der Waals surface area contributed by atoms with Crippen LogP contribution in [0.15, 0.2) is 42.5 Å². The maximum Gasteiger partial charge on any atom is 0.270 e. The summed E-state index contributed by atoms with van der Waals surface area (Å²) >= 11 is 0. The number of ether oxygens (including phenoxy) is 2. The molecule has 1 aliphatic heterocycles. The van der Waals surface area contributed by atoms with Crippen molar-refractivity contribution >= 4 is 23.2 Å². The van der Waals surface area contributed by atoms with E-state index in [1.807, 2.05) is 37.3 Å². The molecular formula is C21H24N2O4. The lowest BCUT2D eigenvalue weighted by atomic mass is 10.0. The lowest BCUT2D eigenvalue weighted by molar-refractivity contribution is -0.132. The van der Waals surface area contributed by atoms with Gasteiger partial charge in [0.15, 0.2) is 5.60 Å². The minimum atomic E-state index is -0.967. The van der Waals surface area contributed by atoms with Gasteiger partial charge < -0.3 is 19.7 Å². The first kappa shape index (κ1) is 18.8. The summed E-state index contributed by atoms with van der Waals surface area (Å²) in [7, 11) is 1.58.